The Morgan fingerprint density at radius 1 is 0.868 bits per heavy atom. The zero-order chi connectivity index (χ0) is 37.2. The molecule has 4 aromatic carbocycles. The first kappa shape index (κ1) is 37.6. The lowest BCUT2D eigenvalue weighted by atomic mass is 10.0. The third kappa shape index (κ3) is 10.9. The van der Waals surface area contributed by atoms with E-state index >= 15 is 0 Å². The third-order valence-electron chi connectivity index (χ3n) is 9.20. The molecular weight excluding hydrogens is 689 g/mol. The van der Waals surface area contributed by atoms with E-state index < -0.39 is 0 Å². The Morgan fingerprint density at radius 3 is 2.28 bits per heavy atom. The van der Waals surface area contributed by atoms with E-state index in [4.69, 9.17) is 25.8 Å². The van der Waals surface area contributed by atoms with Crippen LogP contribution >= 0.6 is 11.6 Å². The number of nitrogens with zero attached hydrogens (tertiary/aromatic N) is 3. The number of hydrogen-bond donors (Lipinski definition) is 0. The quantitative estimate of drug-likeness (QED) is 0.106. The van der Waals surface area contributed by atoms with E-state index in [0.717, 1.165) is 48.5 Å². The Hall–Kier alpha value is -5.18. The largest absolute Gasteiger partial charge is 0.493 e. The van der Waals surface area contributed by atoms with Crippen molar-refractivity contribution in [3.05, 3.63) is 154 Å². The van der Waals surface area contributed by atoms with Crippen molar-refractivity contribution in [3.8, 4) is 23.1 Å². The maximum atomic E-state index is 13.4. The lowest BCUT2D eigenvalue weighted by Crippen LogP contribution is -2.47. The molecule has 0 radical (unpaired) electrons. The summed E-state index contributed by atoms with van der Waals surface area (Å²) in [6.07, 6.45) is 5.79. The van der Waals surface area contributed by atoms with E-state index in [1.807, 2.05) is 30.0 Å². The molecule has 0 unspecified atom stereocenters. The van der Waals surface area contributed by atoms with Crippen LogP contribution in [0.3, 0.4) is 0 Å². The second-order valence-electron chi connectivity index (χ2n) is 13.6. The van der Waals surface area contributed by atoms with Gasteiger partial charge in [0, 0.05) is 51.3 Å². The fourth-order valence-electron chi connectivity index (χ4n) is 6.10. The standard InChI is InChI=1S/C44H45ClFN3O4/c1-31(2)37-12-14-39(15-13-37)51-24-19-33-7-9-34(10-8-33)29-48-20-22-49(23-21-48)43(50)18-11-35-25-32(3)44(41(45)27-35)53-42-17-16-40(28-47-42)52-30-36-5-4-6-38(46)26-36/h4-18,25-28,31H,19-24,29-30H2,1-3H3. The predicted molar refractivity (Wildman–Crippen MR) is 208 cm³/mol. The van der Waals surface area contributed by atoms with Crippen LogP contribution in [-0.4, -0.2) is 53.5 Å². The van der Waals surface area contributed by atoms with E-state index in [2.05, 4.69) is 60.1 Å². The van der Waals surface area contributed by atoms with Gasteiger partial charge in [-0.15, -0.1) is 0 Å². The van der Waals surface area contributed by atoms with Gasteiger partial charge in [-0.25, -0.2) is 9.37 Å². The smallest absolute Gasteiger partial charge is 0.246 e. The molecule has 1 aromatic heterocycles. The van der Waals surface area contributed by atoms with Crippen molar-refractivity contribution in [2.24, 2.45) is 0 Å². The van der Waals surface area contributed by atoms with Gasteiger partial charge in [-0.1, -0.05) is 74.0 Å². The van der Waals surface area contributed by atoms with Crippen LogP contribution in [-0.2, 0) is 24.4 Å². The van der Waals surface area contributed by atoms with Crippen LogP contribution < -0.4 is 14.2 Å². The Bertz CT molecular complexity index is 1970. The van der Waals surface area contributed by atoms with Gasteiger partial charge in [-0.3, -0.25) is 9.69 Å². The Balaban J connectivity index is 0.923. The number of carbonyl (C=O) groups is 1. The van der Waals surface area contributed by atoms with Crippen molar-refractivity contribution in [2.75, 3.05) is 32.8 Å². The van der Waals surface area contributed by atoms with Crippen LogP contribution in [0.2, 0.25) is 5.02 Å². The molecule has 1 aliphatic rings. The molecule has 0 spiro atoms. The molecule has 9 heteroatoms. The van der Waals surface area contributed by atoms with Gasteiger partial charge in [0.2, 0.25) is 11.8 Å². The molecule has 7 nitrogen and oxygen atoms in total. The van der Waals surface area contributed by atoms with Gasteiger partial charge in [0.1, 0.15) is 23.9 Å². The van der Waals surface area contributed by atoms with Crippen LogP contribution in [0, 0.1) is 12.7 Å². The minimum atomic E-state index is -0.307. The lowest BCUT2D eigenvalue weighted by molar-refractivity contribution is -0.127. The molecule has 6 rings (SSSR count). The summed E-state index contributed by atoms with van der Waals surface area (Å²) in [6.45, 7) is 11.0. The first-order valence-electron chi connectivity index (χ1n) is 18.0. The van der Waals surface area contributed by atoms with E-state index in [-0.39, 0.29) is 18.3 Å². The summed E-state index contributed by atoms with van der Waals surface area (Å²) in [7, 11) is 0. The van der Waals surface area contributed by atoms with Gasteiger partial charge in [0.15, 0.2) is 5.75 Å². The fourth-order valence-corrected chi connectivity index (χ4v) is 6.41. The summed E-state index contributed by atoms with van der Waals surface area (Å²) < 4.78 is 31.1. The zero-order valence-electron chi connectivity index (χ0n) is 30.4. The highest BCUT2D eigenvalue weighted by molar-refractivity contribution is 6.32. The molecular formula is C44H45ClFN3O4. The van der Waals surface area contributed by atoms with Gasteiger partial charge >= 0.3 is 0 Å². The molecule has 1 amide bonds. The number of rotatable bonds is 14. The van der Waals surface area contributed by atoms with Gasteiger partial charge in [0.25, 0.3) is 0 Å². The van der Waals surface area contributed by atoms with E-state index in [0.29, 0.717) is 48.0 Å². The average molecular weight is 734 g/mol. The molecule has 0 saturated carbocycles. The van der Waals surface area contributed by atoms with Crippen molar-refractivity contribution >= 4 is 23.6 Å². The molecule has 1 aliphatic heterocycles. The molecule has 0 bridgehead atoms. The van der Waals surface area contributed by atoms with Crippen molar-refractivity contribution in [1.82, 2.24) is 14.8 Å². The molecule has 5 aromatic rings. The number of benzene rings is 4. The number of amides is 1. The van der Waals surface area contributed by atoms with Crippen LogP contribution in [0.5, 0.6) is 23.1 Å². The summed E-state index contributed by atoms with van der Waals surface area (Å²) in [6, 6.07) is 30.5. The van der Waals surface area contributed by atoms with Crippen LogP contribution in [0.4, 0.5) is 4.39 Å². The highest BCUT2D eigenvalue weighted by atomic mass is 35.5. The average Bonchev–Trinajstić information content (AvgIpc) is 3.16. The Labute approximate surface area is 316 Å². The van der Waals surface area contributed by atoms with Crippen molar-refractivity contribution in [3.63, 3.8) is 0 Å². The fraction of sp³-hybridized carbons (Fsp3) is 0.273. The topological polar surface area (TPSA) is 64.1 Å². The molecule has 0 N–H and O–H groups in total. The van der Waals surface area contributed by atoms with Crippen LogP contribution in [0.1, 0.15) is 53.1 Å². The lowest BCUT2D eigenvalue weighted by Gasteiger charge is -2.34. The van der Waals surface area contributed by atoms with Crippen LogP contribution in [0.25, 0.3) is 6.08 Å². The number of carbonyl (C=O) groups excluding carboxylic acids is 1. The number of hydrogen-bond acceptors (Lipinski definition) is 6. The Morgan fingerprint density at radius 2 is 1.60 bits per heavy atom. The summed E-state index contributed by atoms with van der Waals surface area (Å²) in [5.74, 6) is 2.46. The van der Waals surface area contributed by atoms with Crippen molar-refractivity contribution in [1.29, 1.82) is 0 Å². The number of halogens is 2. The number of aryl methyl sites for hydroxylation is 1. The summed E-state index contributed by atoms with van der Waals surface area (Å²) in [5.41, 5.74) is 6.16. The molecule has 2 heterocycles. The second kappa shape index (κ2) is 18.0. The molecule has 1 fully saturated rings. The number of piperazine rings is 1. The first-order chi connectivity index (χ1) is 25.7. The number of aromatic nitrogens is 1. The molecule has 53 heavy (non-hydrogen) atoms. The maximum Gasteiger partial charge on any atom is 0.246 e. The summed E-state index contributed by atoms with van der Waals surface area (Å²) in [4.78, 5) is 21.7. The second-order valence-corrected chi connectivity index (χ2v) is 14.0. The van der Waals surface area contributed by atoms with Gasteiger partial charge in [0.05, 0.1) is 17.8 Å². The Kier molecular flexibility index (Phi) is 12.8. The van der Waals surface area contributed by atoms with Gasteiger partial charge in [-0.05, 0) is 94.8 Å². The van der Waals surface area contributed by atoms with E-state index in [1.165, 1.54) is 28.8 Å². The summed E-state index contributed by atoms with van der Waals surface area (Å²) >= 11 is 6.61. The van der Waals surface area contributed by atoms with E-state index in [1.54, 1.807) is 48.7 Å². The predicted octanol–water partition coefficient (Wildman–Crippen LogP) is 9.66. The van der Waals surface area contributed by atoms with Gasteiger partial charge < -0.3 is 19.1 Å². The van der Waals surface area contributed by atoms with Gasteiger partial charge in [-0.2, -0.15) is 0 Å². The minimum absolute atomic E-state index is 0.0231. The monoisotopic (exact) mass is 733 g/mol. The SMILES string of the molecule is Cc1cc(C=CC(=O)N2CCN(Cc3ccc(CCOc4ccc(C(C)C)cc4)cc3)CC2)cc(Cl)c1Oc1ccc(OCc2cccc(F)c2)cn1. The molecule has 274 valence electrons. The number of pyridine rings is 1. The molecule has 0 aliphatic carbocycles. The zero-order valence-corrected chi connectivity index (χ0v) is 31.2. The van der Waals surface area contributed by atoms with Crippen molar-refractivity contribution in [2.45, 2.75) is 46.3 Å². The normalized spacial score (nSPS) is 13.4. The van der Waals surface area contributed by atoms with E-state index in [9.17, 15) is 9.18 Å². The molecule has 0 atom stereocenters. The maximum absolute atomic E-state index is 13.4. The summed E-state index contributed by atoms with van der Waals surface area (Å²) in [5, 5.41) is 0.410. The molecule has 1 saturated heterocycles. The third-order valence-corrected chi connectivity index (χ3v) is 9.48. The van der Waals surface area contributed by atoms with Crippen LogP contribution in [0.15, 0.2) is 109 Å². The number of ether oxygens (including phenoxy) is 3. The highest BCUT2D eigenvalue weighted by Crippen LogP contribution is 2.34. The first-order valence-corrected chi connectivity index (χ1v) is 18.4. The minimum Gasteiger partial charge on any atom is -0.493 e. The van der Waals surface area contributed by atoms with Crippen molar-refractivity contribution < 1.29 is 23.4 Å². The highest BCUT2D eigenvalue weighted by Gasteiger charge is 2.20.